The van der Waals surface area contributed by atoms with E-state index < -0.39 is 0 Å². The van der Waals surface area contributed by atoms with Crippen LogP contribution in [0, 0.1) is 5.92 Å². The summed E-state index contributed by atoms with van der Waals surface area (Å²) in [6.45, 7) is 2.29. The van der Waals surface area contributed by atoms with E-state index in [1.165, 1.54) is 0 Å². The van der Waals surface area contributed by atoms with Crippen molar-refractivity contribution in [2.24, 2.45) is 5.92 Å². The maximum absolute atomic E-state index is 12.1. The van der Waals surface area contributed by atoms with Gasteiger partial charge in [-0.2, -0.15) is 0 Å². The summed E-state index contributed by atoms with van der Waals surface area (Å²) in [4.78, 5) is 29.9. The fourth-order valence-corrected chi connectivity index (χ4v) is 2.90. The number of hydrogen-bond donors (Lipinski definition) is 1. The molecule has 0 radical (unpaired) electrons. The van der Waals surface area contributed by atoms with Gasteiger partial charge >= 0.3 is 0 Å². The highest BCUT2D eigenvalue weighted by atomic mass is 16.5. The summed E-state index contributed by atoms with van der Waals surface area (Å²) in [6.07, 6.45) is 5.10. The molecule has 0 aromatic carbocycles. The van der Waals surface area contributed by atoms with Gasteiger partial charge in [0.1, 0.15) is 12.7 Å². The molecule has 148 valence electrons. The number of rotatable bonds is 9. The fraction of sp³-hybridized carbons (Fsp3) is 0.632. The number of ether oxygens (including phenoxy) is 3. The van der Waals surface area contributed by atoms with Crippen LogP contribution in [-0.2, 0) is 19.1 Å². The number of nitrogens with one attached hydrogen (secondary N) is 1. The minimum atomic E-state index is -0.00145. The molecule has 1 saturated carbocycles. The van der Waals surface area contributed by atoms with Gasteiger partial charge in [-0.25, -0.2) is 4.98 Å². The van der Waals surface area contributed by atoms with Crippen LogP contribution < -0.4 is 10.1 Å². The Morgan fingerprint density at radius 2 is 1.96 bits per heavy atom. The molecule has 27 heavy (non-hydrogen) atoms. The van der Waals surface area contributed by atoms with Crippen LogP contribution in [0.15, 0.2) is 18.3 Å². The zero-order valence-corrected chi connectivity index (χ0v) is 15.7. The second kappa shape index (κ2) is 9.66. The maximum atomic E-state index is 12.1. The fourth-order valence-electron chi connectivity index (χ4n) is 2.90. The molecule has 2 aliphatic rings. The Morgan fingerprint density at radius 1 is 1.19 bits per heavy atom. The van der Waals surface area contributed by atoms with E-state index in [1.807, 2.05) is 0 Å². The molecule has 2 fully saturated rings. The number of carbonyl (C=O) groups is 2. The topological polar surface area (TPSA) is 90.0 Å². The highest BCUT2D eigenvalue weighted by Gasteiger charge is 2.29. The van der Waals surface area contributed by atoms with Crippen LogP contribution in [0.2, 0.25) is 0 Å². The average Bonchev–Trinajstić information content (AvgIpc) is 3.53. The third-order valence-corrected chi connectivity index (χ3v) is 4.69. The zero-order chi connectivity index (χ0) is 19.1. The van der Waals surface area contributed by atoms with Crippen molar-refractivity contribution >= 4 is 17.5 Å². The van der Waals surface area contributed by atoms with E-state index in [0.717, 1.165) is 25.7 Å². The van der Waals surface area contributed by atoms with Crippen LogP contribution in [0.5, 0.6) is 5.88 Å². The molecule has 1 N–H and O–H groups in total. The van der Waals surface area contributed by atoms with Crippen LogP contribution in [0.25, 0.3) is 0 Å². The van der Waals surface area contributed by atoms with Gasteiger partial charge < -0.3 is 24.4 Å². The van der Waals surface area contributed by atoms with Crippen molar-refractivity contribution in [3.8, 4) is 5.88 Å². The molecule has 0 bridgehead atoms. The lowest BCUT2D eigenvalue weighted by Crippen LogP contribution is -2.43. The predicted octanol–water partition coefficient (Wildman–Crippen LogP) is 1.46. The average molecular weight is 377 g/mol. The number of amides is 2. The molecule has 1 aliphatic carbocycles. The van der Waals surface area contributed by atoms with E-state index in [9.17, 15) is 9.59 Å². The van der Waals surface area contributed by atoms with Crippen molar-refractivity contribution in [3.63, 3.8) is 0 Å². The van der Waals surface area contributed by atoms with Crippen molar-refractivity contribution in [2.75, 3.05) is 45.3 Å². The molecule has 2 amide bonds. The second-order valence-electron chi connectivity index (χ2n) is 6.89. The molecule has 0 unspecified atom stereocenters. The first kappa shape index (κ1) is 19.6. The summed E-state index contributed by atoms with van der Waals surface area (Å²) in [7, 11) is 1.60. The molecule has 1 aromatic heterocycles. The van der Waals surface area contributed by atoms with Crippen LogP contribution >= 0.6 is 0 Å². The normalized spacial score (nSPS) is 17.6. The third kappa shape index (κ3) is 6.18. The Balaban J connectivity index is 1.37. The van der Waals surface area contributed by atoms with E-state index in [4.69, 9.17) is 14.2 Å². The van der Waals surface area contributed by atoms with E-state index in [2.05, 4.69) is 10.3 Å². The third-order valence-electron chi connectivity index (χ3n) is 4.69. The Labute approximate surface area is 159 Å². The zero-order valence-electron chi connectivity index (χ0n) is 15.7. The van der Waals surface area contributed by atoms with E-state index in [0.29, 0.717) is 37.9 Å². The highest BCUT2D eigenvalue weighted by Crippen LogP contribution is 2.30. The number of piperidine rings is 1. The van der Waals surface area contributed by atoms with Gasteiger partial charge in [-0.15, -0.1) is 0 Å². The summed E-state index contributed by atoms with van der Waals surface area (Å²) in [5.41, 5.74) is 0.688. The van der Waals surface area contributed by atoms with Crippen LogP contribution in [0.1, 0.15) is 25.7 Å². The van der Waals surface area contributed by atoms with Gasteiger partial charge in [0.05, 0.1) is 25.1 Å². The summed E-state index contributed by atoms with van der Waals surface area (Å²) >= 11 is 0. The molecule has 0 spiro atoms. The van der Waals surface area contributed by atoms with E-state index >= 15 is 0 Å². The van der Waals surface area contributed by atoms with Crippen molar-refractivity contribution in [2.45, 2.75) is 31.8 Å². The number of aromatic nitrogens is 1. The standard InChI is InChI=1S/C19H27N3O5/c1-25-10-11-26-13-18(23)22-8-6-16(7-9-22)27-17-5-4-15(12-20-17)21-19(24)14-2-3-14/h4-5,12,14,16H,2-3,6-11,13H2,1H3,(H,21,24). The first-order valence-electron chi connectivity index (χ1n) is 9.43. The molecule has 8 nitrogen and oxygen atoms in total. The quantitative estimate of drug-likeness (QED) is 0.656. The molecule has 0 atom stereocenters. The second-order valence-corrected chi connectivity index (χ2v) is 6.89. The monoisotopic (exact) mass is 377 g/mol. The number of pyridine rings is 1. The van der Waals surface area contributed by atoms with E-state index in [1.54, 1.807) is 30.3 Å². The van der Waals surface area contributed by atoms with Crippen LogP contribution in [0.3, 0.4) is 0 Å². The SMILES string of the molecule is COCCOCC(=O)N1CCC(Oc2ccc(NC(=O)C3CC3)cn2)CC1. The van der Waals surface area contributed by atoms with Crippen molar-refractivity contribution in [1.29, 1.82) is 0 Å². The molecule has 8 heteroatoms. The lowest BCUT2D eigenvalue weighted by atomic mass is 10.1. The minimum absolute atomic E-state index is 0.00145. The predicted molar refractivity (Wildman–Crippen MR) is 98.5 cm³/mol. The van der Waals surface area contributed by atoms with Crippen LogP contribution in [0.4, 0.5) is 5.69 Å². The minimum Gasteiger partial charge on any atom is -0.474 e. The van der Waals surface area contributed by atoms with Gasteiger partial charge in [0.25, 0.3) is 0 Å². The first-order chi connectivity index (χ1) is 13.2. The summed E-state index contributed by atoms with van der Waals surface area (Å²) in [6, 6.07) is 3.57. The Kier molecular flexibility index (Phi) is 7.00. The number of likely N-dealkylation sites (tertiary alicyclic amines) is 1. The van der Waals surface area contributed by atoms with Gasteiger partial charge in [-0.3, -0.25) is 9.59 Å². The van der Waals surface area contributed by atoms with Crippen molar-refractivity contribution in [1.82, 2.24) is 9.88 Å². The van der Waals surface area contributed by atoms with E-state index in [-0.39, 0.29) is 30.4 Å². The number of nitrogens with zero attached hydrogens (tertiary/aromatic N) is 2. The molecular weight excluding hydrogens is 350 g/mol. The maximum Gasteiger partial charge on any atom is 0.248 e. The largest absolute Gasteiger partial charge is 0.474 e. The van der Waals surface area contributed by atoms with Gasteiger partial charge in [0.2, 0.25) is 17.7 Å². The smallest absolute Gasteiger partial charge is 0.248 e. The van der Waals surface area contributed by atoms with Gasteiger partial charge in [-0.1, -0.05) is 0 Å². The number of anilines is 1. The number of hydrogen-bond acceptors (Lipinski definition) is 6. The van der Waals surface area contributed by atoms with Crippen molar-refractivity contribution < 1.29 is 23.8 Å². The Morgan fingerprint density at radius 3 is 2.59 bits per heavy atom. The van der Waals surface area contributed by atoms with Crippen molar-refractivity contribution in [3.05, 3.63) is 18.3 Å². The molecule has 1 aliphatic heterocycles. The lowest BCUT2D eigenvalue weighted by Gasteiger charge is -2.31. The highest BCUT2D eigenvalue weighted by molar-refractivity contribution is 5.93. The summed E-state index contributed by atoms with van der Waals surface area (Å²) < 4.78 is 16.1. The summed E-state index contributed by atoms with van der Waals surface area (Å²) in [5, 5.41) is 2.86. The number of carbonyl (C=O) groups excluding carboxylic acids is 2. The molecular formula is C19H27N3O5. The van der Waals surface area contributed by atoms with Gasteiger partial charge in [0.15, 0.2) is 0 Å². The first-order valence-corrected chi connectivity index (χ1v) is 9.43. The molecule has 3 rings (SSSR count). The van der Waals surface area contributed by atoms with Crippen LogP contribution in [-0.4, -0.2) is 67.8 Å². The van der Waals surface area contributed by atoms with Gasteiger partial charge in [-0.05, 0) is 18.9 Å². The van der Waals surface area contributed by atoms with Gasteiger partial charge in [0, 0.05) is 45.0 Å². The molecule has 1 aromatic rings. The Bertz CT molecular complexity index is 625. The lowest BCUT2D eigenvalue weighted by molar-refractivity contribution is -0.138. The molecule has 1 saturated heterocycles. The summed E-state index contributed by atoms with van der Waals surface area (Å²) in [5.74, 6) is 0.762. The Hall–Kier alpha value is -2.19. The number of methoxy groups -OCH3 is 1. The molecule has 2 heterocycles.